The Morgan fingerprint density at radius 2 is 1.94 bits per heavy atom. The average molecular weight is 224 g/mol. The summed E-state index contributed by atoms with van der Waals surface area (Å²) >= 11 is 0. The van der Waals surface area contributed by atoms with E-state index in [4.69, 9.17) is 0 Å². The molecule has 2 heterocycles. The fourth-order valence-electron chi connectivity index (χ4n) is 2.17. The molecule has 88 valence electrons. The smallest absolute Gasteiger partial charge is 0.186 e. The molecule has 1 aliphatic rings. The number of piperazine rings is 1. The molecule has 2 unspecified atom stereocenters. The summed E-state index contributed by atoms with van der Waals surface area (Å²) in [6.07, 6.45) is 1.42. The van der Waals surface area contributed by atoms with Crippen molar-refractivity contribution < 1.29 is 4.39 Å². The van der Waals surface area contributed by atoms with Gasteiger partial charge in [-0.25, -0.2) is 14.4 Å². The molecule has 0 aromatic carbocycles. The molecule has 5 heteroatoms. The van der Waals surface area contributed by atoms with Crippen LogP contribution in [-0.4, -0.2) is 35.1 Å². The van der Waals surface area contributed by atoms with Gasteiger partial charge in [0.1, 0.15) is 6.33 Å². The normalized spacial score (nSPS) is 25.9. The van der Waals surface area contributed by atoms with Crippen LogP contribution in [0.3, 0.4) is 0 Å². The summed E-state index contributed by atoms with van der Waals surface area (Å²) in [7, 11) is 0. The number of halogens is 1. The molecule has 4 nitrogen and oxygen atoms in total. The predicted octanol–water partition coefficient (Wildman–Crippen LogP) is 1.11. The zero-order valence-electron chi connectivity index (χ0n) is 9.87. The zero-order chi connectivity index (χ0) is 11.7. The summed E-state index contributed by atoms with van der Waals surface area (Å²) in [4.78, 5) is 9.87. The van der Waals surface area contributed by atoms with E-state index in [1.165, 1.54) is 6.33 Å². The Kier molecular flexibility index (Phi) is 3.05. The van der Waals surface area contributed by atoms with Gasteiger partial charge in [-0.15, -0.1) is 0 Å². The molecule has 0 radical (unpaired) electrons. The number of aryl methyl sites for hydroxylation is 1. The number of hydrogen-bond acceptors (Lipinski definition) is 4. The fourth-order valence-corrected chi connectivity index (χ4v) is 2.17. The van der Waals surface area contributed by atoms with Crippen molar-refractivity contribution in [3.05, 3.63) is 17.8 Å². The lowest BCUT2D eigenvalue weighted by molar-refractivity contribution is 0.401. The maximum Gasteiger partial charge on any atom is 0.186 e. The molecular weight excluding hydrogens is 207 g/mol. The molecule has 1 fully saturated rings. The van der Waals surface area contributed by atoms with Gasteiger partial charge in [-0.1, -0.05) is 0 Å². The van der Waals surface area contributed by atoms with Crippen molar-refractivity contribution in [3.63, 3.8) is 0 Å². The summed E-state index contributed by atoms with van der Waals surface area (Å²) in [5.41, 5.74) is 0.406. The third kappa shape index (κ3) is 2.14. The molecule has 1 saturated heterocycles. The SMILES string of the molecule is Cc1ncnc(N2CC(C)NC(C)C2)c1F. The van der Waals surface area contributed by atoms with Crippen molar-refractivity contribution in [2.24, 2.45) is 0 Å². The topological polar surface area (TPSA) is 41.1 Å². The number of nitrogens with one attached hydrogen (secondary N) is 1. The highest BCUT2D eigenvalue weighted by molar-refractivity contribution is 5.41. The van der Waals surface area contributed by atoms with Crippen LogP contribution in [0.4, 0.5) is 10.2 Å². The van der Waals surface area contributed by atoms with Crippen LogP contribution >= 0.6 is 0 Å². The second kappa shape index (κ2) is 4.33. The van der Waals surface area contributed by atoms with Crippen LogP contribution in [0, 0.1) is 12.7 Å². The standard InChI is InChI=1S/C11H17FN4/c1-7-4-16(5-8(2)15-7)11-10(12)9(3)13-6-14-11/h6-8,15H,4-5H2,1-3H3. The van der Waals surface area contributed by atoms with Crippen molar-refractivity contribution in [1.29, 1.82) is 0 Å². The summed E-state index contributed by atoms with van der Waals surface area (Å²) in [5, 5.41) is 3.41. The minimum atomic E-state index is -0.302. The van der Waals surface area contributed by atoms with Gasteiger partial charge in [0.2, 0.25) is 0 Å². The van der Waals surface area contributed by atoms with Crippen molar-refractivity contribution in [1.82, 2.24) is 15.3 Å². The van der Waals surface area contributed by atoms with Crippen molar-refractivity contribution >= 4 is 5.82 Å². The molecule has 1 aliphatic heterocycles. The molecule has 16 heavy (non-hydrogen) atoms. The van der Waals surface area contributed by atoms with Gasteiger partial charge >= 0.3 is 0 Å². The number of hydrogen-bond donors (Lipinski definition) is 1. The highest BCUT2D eigenvalue weighted by atomic mass is 19.1. The van der Waals surface area contributed by atoms with Gasteiger partial charge in [0.05, 0.1) is 5.69 Å². The van der Waals surface area contributed by atoms with E-state index in [0.717, 1.165) is 13.1 Å². The van der Waals surface area contributed by atoms with Crippen molar-refractivity contribution in [2.75, 3.05) is 18.0 Å². The summed E-state index contributed by atoms with van der Waals surface area (Å²) in [6.45, 7) is 7.40. The van der Waals surface area contributed by atoms with E-state index in [2.05, 4.69) is 29.1 Å². The average Bonchev–Trinajstić information content (AvgIpc) is 2.20. The lowest BCUT2D eigenvalue weighted by Crippen LogP contribution is -2.54. The Labute approximate surface area is 94.9 Å². The summed E-state index contributed by atoms with van der Waals surface area (Å²) in [5.74, 6) is 0.122. The predicted molar refractivity (Wildman–Crippen MR) is 61.0 cm³/mol. The fraction of sp³-hybridized carbons (Fsp3) is 0.636. The summed E-state index contributed by atoms with van der Waals surface area (Å²) in [6, 6.07) is 0.692. The molecule has 1 N–H and O–H groups in total. The third-order valence-corrected chi connectivity index (χ3v) is 2.80. The van der Waals surface area contributed by atoms with Gasteiger partial charge in [0, 0.05) is 25.2 Å². The largest absolute Gasteiger partial charge is 0.351 e. The second-order valence-corrected chi connectivity index (χ2v) is 4.47. The van der Waals surface area contributed by atoms with Crippen molar-refractivity contribution in [2.45, 2.75) is 32.9 Å². The van der Waals surface area contributed by atoms with E-state index in [1.807, 2.05) is 4.90 Å². The lowest BCUT2D eigenvalue weighted by Gasteiger charge is -2.36. The second-order valence-electron chi connectivity index (χ2n) is 4.47. The first kappa shape index (κ1) is 11.3. The molecule has 0 saturated carbocycles. The van der Waals surface area contributed by atoms with E-state index in [9.17, 15) is 4.39 Å². The van der Waals surface area contributed by atoms with E-state index in [0.29, 0.717) is 23.6 Å². The first-order chi connectivity index (χ1) is 7.58. The first-order valence-corrected chi connectivity index (χ1v) is 5.56. The van der Waals surface area contributed by atoms with Gasteiger partial charge in [0.15, 0.2) is 11.6 Å². The van der Waals surface area contributed by atoms with E-state index >= 15 is 0 Å². The molecule has 0 amide bonds. The first-order valence-electron chi connectivity index (χ1n) is 5.56. The highest BCUT2D eigenvalue weighted by Gasteiger charge is 2.24. The maximum atomic E-state index is 13.9. The van der Waals surface area contributed by atoms with Crippen LogP contribution in [0.2, 0.25) is 0 Å². The Balaban J connectivity index is 2.26. The number of rotatable bonds is 1. The zero-order valence-corrected chi connectivity index (χ0v) is 9.87. The molecule has 1 aromatic rings. The molecule has 0 spiro atoms. The minimum absolute atomic E-state index is 0.302. The van der Waals surface area contributed by atoms with Crippen LogP contribution in [0.25, 0.3) is 0 Å². The molecule has 2 atom stereocenters. The Morgan fingerprint density at radius 1 is 1.31 bits per heavy atom. The van der Waals surface area contributed by atoms with Crippen LogP contribution in [0.5, 0.6) is 0 Å². The van der Waals surface area contributed by atoms with E-state index in [-0.39, 0.29) is 5.82 Å². The monoisotopic (exact) mass is 224 g/mol. The molecule has 2 rings (SSSR count). The highest BCUT2D eigenvalue weighted by Crippen LogP contribution is 2.19. The molecular formula is C11H17FN4. The lowest BCUT2D eigenvalue weighted by atomic mass is 10.1. The van der Waals surface area contributed by atoms with Crippen molar-refractivity contribution in [3.8, 4) is 0 Å². The minimum Gasteiger partial charge on any atom is -0.351 e. The van der Waals surface area contributed by atoms with Gasteiger partial charge in [-0.3, -0.25) is 0 Å². The van der Waals surface area contributed by atoms with Crippen LogP contribution in [0.15, 0.2) is 6.33 Å². The Bertz CT molecular complexity index is 372. The Hall–Kier alpha value is -1.23. The number of nitrogens with zero attached hydrogens (tertiary/aromatic N) is 3. The number of aromatic nitrogens is 2. The van der Waals surface area contributed by atoms with E-state index in [1.54, 1.807) is 6.92 Å². The molecule has 0 bridgehead atoms. The van der Waals surface area contributed by atoms with Crippen LogP contribution < -0.4 is 10.2 Å². The van der Waals surface area contributed by atoms with E-state index < -0.39 is 0 Å². The third-order valence-electron chi connectivity index (χ3n) is 2.80. The van der Waals surface area contributed by atoms with Crippen LogP contribution in [0.1, 0.15) is 19.5 Å². The van der Waals surface area contributed by atoms with Gasteiger partial charge in [0.25, 0.3) is 0 Å². The summed E-state index contributed by atoms with van der Waals surface area (Å²) < 4.78 is 13.9. The molecule has 0 aliphatic carbocycles. The van der Waals surface area contributed by atoms with Crippen LogP contribution in [-0.2, 0) is 0 Å². The molecule has 1 aromatic heterocycles. The quantitative estimate of drug-likeness (QED) is 0.776. The maximum absolute atomic E-state index is 13.9. The van der Waals surface area contributed by atoms with Gasteiger partial charge in [-0.05, 0) is 20.8 Å². The Morgan fingerprint density at radius 3 is 2.56 bits per heavy atom. The number of anilines is 1. The van der Waals surface area contributed by atoms with Gasteiger partial charge in [-0.2, -0.15) is 0 Å². The van der Waals surface area contributed by atoms with Gasteiger partial charge < -0.3 is 10.2 Å².